The fraction of sp³-hybridized carbons (Fsp3) is 0.654. The van der Waals surface area contributed by atoms with Gasteiger partial charge in [-0.15, -0.1) is 0 Å². The van der Waals surface area contributed by atoms with E-state index in [0.29, 0.717) is 24.8 Å². The standard InChI is InChI=1S/C26H39NO6/c1-26(2,3)9-4-5-17-6-7-19-12-16(13-22(31)24(19)25(17)33)11-18(8-10-28)20(15-29)21(30)14-23(27)32/h6-7,16,18,20,28-29,33H,4-5,8-15H2,1-3H3,(H2,27,32). The molecular weight excluding hydrogens is 422 g/mol. The van der Waals surface area contributed by atoms with Gasteiger partial charge in [-0.2, -0.15) is 0 Å². The summed E-state index contributed by atoms with van der Waals surface area (Å²) in [5, 5.41) is 30.1. The Morgan fingerprint density at radius 3 is 2.45 bits per heavy atom. The maximum atomic E-state index is 13.0. The first-order chi connectivity index (χ1) is 15.5. The second kappa shape index (κ2) is 11.7. The van der Waals surface area contributed by atoms with Crippen molar-refractivity contribution in [1.82, 2.24) is 0 Å². The third kappa shape index (κ3) is 7.64. The van der Waals surface area contributed by atoms with Crippen molar-refractivity contribution in [2.75, 3.05) is 13.2 Å². The lowest BCUT2D eigenvalue weighted by molar-refractivity contribution is -0.131. The number of carbonyl (C=O) groups excluding carboxylic acids is 3. The normalized spacial score (nSPS) is 18.0. The molecule has 0 saturated heterocycles. The van der Waals surface area contributed by atoms with Gasteiger partial charge >= 0.3 is 0 Å². The van der Waals surface area contributed by atoms with Crippen LogP contribution in [-0.4, -0.2) is 46.0 Å². The van der Waals surface area contributed by atoms with Gasteiger partial charge in [0.05, 0.1) is 18.6 Å². The zero-order chi connectivity index (χ0) is 24.8. The number of phenolic OH excluding ortho intramolecular Hbond substituents is 1. The van der Waals surface area contributed by atoms with Crippen molar-refractivity contribution >= 4 is 17.5 Å². The fourth-order valence-electron chi connectivity index (χ4n) is 4.98. The molecule has 0 aromatic heterocycles. The summed E-state index contributed by atoms with van der Waals surface area (Å²) < 4.78 is 0. The van der Waals surface area contributed by atoms with E-state index in [1.807, 2.05) is 12.1 Å². The van der Waals surface area contributed by atoms with Gasteiger partial charge in [-0.25, -0.2) is 0 Å². The molecule has 0 radical (unpaired) electrons. The number of aliphatic hydroxyl groups is 2. The molecule has 0 saturated carbocycles. The number of aliphatic hydroxyl groups excluding tert-OH is 2. The highest BCUT2D eigenvalue weighted by Gasteiger charge is 2.34. The van der Waals surface area contributed by atoms with Crippen molar-refractivity contribution in [2.24, 2.45) is 28.9 Å². The number of Topliss-reactive ketones (excluding diaryl/α,β-unsaturated/α-hetero) is 2. The average molecular weight is 462 g/mol. The quantitative estimate of drug-likeness (QED) is 0.353. The van der Waals surface area contributed by atoms with Crippen molar-refractivity contribution in [3.8, 4) is 5.75 Å². The summed E-state index contributed by atoms with van der Waals surface area (Å²) in [7, 11) is 0. The molecular formula is C26H39NO6. The summed E-state index contributed by atoms with van der Waals surface area (Å²) in [5.41, 5.74) is 7.33. The molecule has 3 atom stereocenters. The van der Waals surface area contributed by atoms with Gasteiger partial charge in [-0.3, -0.25) is 14.4 Å². The molecule has 0 fully saturated rings. The van der Waals surface area contributed by atoms with E-state index in [4.69, 9.17) is 5.73 Å². The van der Waals surface area contributed by atoms with Crippen LogP contribution in [0.3, 0.4) is 0 Å². The van der Waals surface area contributed by atoms with Crippen LogP contribution in [-0.2, 0) is 22.4 Å². The number of carbonyl (C=O) groups is 3. The molecule has 33 heavy (non-hydrogen) atoms. The first kappa shape index (κ1) is 27.0. The maximum absolute atomic E-state index is 13.0. The molecule has 2 rings (SSSR count). The van der Waals surface area contributed by atoms with Crippen molar-refractivity contribution < 1.29 is 29.7 Å². The van der Waals surface area contributed by atoms with Crippen LogP contribution in [0.1, 0.15) is 80.8 Å². The van der Waals surface area contributed by atoms with Crippen LogP contribution >= 0.6 is 0 Å². The van der Waals surface area contributed by atoms with Crippen LogP contribution in [0.25, 0.3) is 0 Å². The van der Waals surface area contributed by atoms with Gasteiger partial charge in [0.2, 0.25) is 5.91 Å². The summed E-state index contributed by atoms with van der Waals surface area (Å²) in [6, 6.07) is 3.80. The van der Waals surface area contributed by atoms with Gasteiger partial charge in [0.15, 0.2) is 5.78 Å². The molecule has 0 heterocycles. The van der Waals surface area contributed by atoms with E-state index in [1.54, 1.807) is 0 Å². The first-order valence-corrected chi connectivity index (χ1v) is 11.9. The summed E-state index contributed by atoms with van der Waals surface area (Å²) in [5.74, 6) is -2.48. The maximum Gasteiger partial charge on any atom is 0.224 e. The number of hydrogen-bond donors (Lipinski definition) is 4. The van der Waals surface area contributed by atoms with Gasteiger partial charge in [0.1, 0.15) is 11.5 Å². The van der Waals surface area contributed by atoms with Crippen LogP contribution in [0.2, 0.25) is 0 Å². The number of amides is 1. The predicted molar refractivity (Wildman–Crippen MR) is 126 cm³/mol. The van der Waals surface area contributed by atoms with E-state index in [0.717, 1.165) is 24.0 Å². The number of aryl methyl sites for hydroxylation is 1. The molecule has 0 bridgehead atoms. The number of fused-ring (bicyclic) bond motifs is 1. The molecule has 1 aliphatic rings. The highest BCUT2D eigenvalue weighted by molar-refractivity contribution is 6.01. The van der Waals surface area contributed by atoms with Gasteiger partial charge < -0.3 is 21.1 Å². The molecule has 184 valence electrons. The van der Waals surface area contributed by atoms with Crippen LogP contribution in [0, 0.1) is 23.2 Å². The Bertz CT molecular complexity index is 857. The highest BCUT2D eigenvalue weighted by atomic mass is 16.3. The third-order valence-corrected chi connectivity index (χ3v) is 6.65. The van der Waals surface area contributed by atoms with E-state index in [-0.39, 0.29) is 48.2 Å². The Kier molecular flexibility index (Phi) is 9.61. The van der Waals surface area contributed by atoms with E-state index in [2.05, 4.69) is 20.8 Å². The Morgan fingerprint density at radius 1 is 1.18 bits per heavy atom. The van der Waals surface area contributed by atoms with E-state index in [1.165, 1.54) is 0 Å². The number of rotatable bonds is 12. The monoisotopic (exact) mass is 461 g/mol. The fourth-order valence-corrected chi connectivity index (χ4v) is 4.98. The first-order valence-electron chi connectivity index (χ1n) is 11.9. The number of benzene rings is 1. The van der Waals surface area contributed by atoms with Gasteiger partial charge in [0, 0.05) is 18.9 Å². The zero-order valence-corrected chi connectivity index (χ0v) is 20.1. The Labute approximate surface area is 196 Å². The molecule has 7 nitrogen and oxygen atoms in total. The number of ketones is 2. The second-order valence-electron chi connectivity index (χ2n) is 10.6. The lowest BCUT2D eigenvalue weighted by Gasteiger charge is -2.31. The molecule has 1 aliphatic carbocycles. The number of aromatic hydroxyl groups is 1. The SMILES string of the molecule is CC(C)(C)CCCc1ccc2c(c1O)C(=O)CC(CC(CCO)C(CO)C(=O)CC(N)=O)C2. The molecule has 0 aliphatic heterocycles. The van der Waals surface area contributed by atoms with Crippen molar-refractivity contribution in [1.29, 1.82) is 0 Å². The summed E-state index contributed by atoms with van der Waals surface area (Å²) in [4.78, 5) is 36.5. The third-order valence-electron chi connectivity index (χ3n) is 6.65. The minimum absolute atomic E-state index is 0.0804. The summed E-state index contributed by atoms with van der Waals surface area (Å²) >= 11 is 0. The van der Waals surface area contributed by atoms with Crippen molar-refractivity contribution in [3.05, 3.63) is 28.8 Å². The molecule has 7 heteroatoms. The lowest BCUT2D eigenvalue weighted by atomic mass is 9.73. The summed E-state index contributed by atoms with van der Waals surface area (Å²) in [6.07, 6.45) is 3.75. The predicted octanol–water partition coefficient (Wildman–Crippen LogP) is 2.95. The highest BCUT2D eigenvalue weighted by Crippen LogP contribution is 2.38. The van der Waals surface area contributed by atoms with Crippen LogP contribution in [0.5, 0.6) is 5.75 Å². The molecule has 5 N–H and O–H groups in total. The number of phenols is 1. The minimum Gasteiger partial charge on any atom is -0.507 e. The zero-order valence-electron chi connectivity index (χ0n) is 20.1. The Hall–Kier alpha value is -2.25. The number of hydrogen-bond acceptors (Lipinski definition) is 6. The van der Waals surface area contributed by atoms with E-state index < -0.39 is 30.6 Å². The van der Waals surface area contributed by atoms with Crippen LogP contribution in [0.15, 0.2) is 12.1 Å². The molecule has 1 aromatic rings. The molecule has 0 spiro atoms. The molecule has 3 unspecified atom stereocenters. The number of nitrogens with two attached hydrogens (primary N) is 1. The van der Waals surface area contributed by atoms with Crippen LogP contribution < -0.4 is 5.73 Å². The van der Waals surface area contributed by atoms with Crippen LogP contribution in [0.4, 0.5) is 0 Å². The Balaban J connectivity index is 2.15. The smallest absolute Gasteiger partial charge is 0.224 e. The van der Waals surface area contributed by atoms with E-state index >= 15 is 0 Å². The van der Waals surface area contributed by atoms with Crippen molar-refractivity contribution in [2.45, 2.75) is 72.1 Å². The summed E-state index contributed by atoms with van der Waals surface area (Å²) in [6.45, 7) is 5.93. The lowest BCUT2D eigenvalue weighted by Crippen LogP contribution is -2.33. The average Bonchev–Trinajstić information content (AvgIpc) is 2.68. The Morgan fingerprint density at radius 2 is 1.88 bits per heavy atom. The molecule has 1 amide bonds. The second-order valence-corrected chi connectivity index (χ2v) is 10.6. The topological polar surface area (TPSA) is 138 Å². The van der Waals surface area contributed by atoms with E-state index in [9.17, 15) is 29.7 Å². The number of primary amides is 1. The molecule has 1 aromatic carbocycles. The van der Waals surface area contributed by atoms with Crippen molar-refractivity contribution in [3.63, 3.8) is 0 Å². The van der Waals surface area contributed by atoms with Gasteiger partial charge in [-0.1, -0.05) is 32.9 Å². The largest absolute Gasteiger partial charge is 0.507 e. The van der Waals surface area contributed by atoms with Gasteiger partial charge in [-0.05, 0) is 66.9 Å². The van der Waals surface area contributed by atoms with Gasteiger partial charge in [0.25, 0.3) is 0 Å². The minimum atomic E-state index is -0.806.